The Morgan fingerprint density at radius 1 is 1.14 bits per heavy atom. The van der Waals surface area contributed by atoms with Gasteiger partial charge in [0.25, 0.3) is 5.91 Å². The van der Waals surface area contributed by atoms with E-state index in [9.17, 15) is 37.5 Å². The Balaban J connectivity index is 1.99. The number of anilines is 1. The van der Waals surface area contributed by atoms with Gasteiger partial charge in [0.1, 0.15) is 22.4 Å². The number of halogens is 3. The number of aromatic nitrogens is 3. The Morgan fingerprint density at radius 2 is 1.86 bits per heavy atom. The maximum atomic E-state index is 13.5. The molecule has 0 bridgehead atoms. The van der Waals surface area contributed by atoms with E-state index in [1.54, 1.807) is 26.8 Å². The van der Waals surface area contributed by atoms with Gasteiger partial charge in [0.15, 0.2) is 5.69 Å². The monoisotopic (exact) mass is 616 g/mol. The van der Waals surface area contributed by atoms with Crippen molar-refractivity contribution >= 4 is 46.0 Å². The molecular formula is C28H27F3N6O5S. The number of alkyl halides is 3. The molecule has 43 heavy (non-hydrogen) atoms. The summed E-state index contributed by atoms with van der Waals surface area (Å²) in [6.45, 7) is 5.41. The minimum absolute atomic E-state index is 0.0103. The van der Waals surface area contributed by atoms with Crippen LogP contribution in [0.5, 0.6) is 0 Å². The van der Waals surface area contributed by atoms with Crippen LogP contribution >= 0.6 is 11.3 Å². The average molecular weight is 617 g/mol. The van der Waals surface area contributed by atoms with Gasteiger partial charge in [-0.25, -0.2) is 19.6 Å². The molecule has 0 aliphatic heterocycles. The number of amides is 3. The number of rotatable bonds is 8. The Kier molecular flexibility index (Phi) is 8.85. The van der Waals surface area contributed by atoms with Crippen molar-refractivity contribution < 1.29 is 32.7 Å². The standard InChI is InChI=1S/C28H27F3N6O5S/c1-5-33-27(42)36-21-9-15(25-35-20(12-43-25)28(29,30)31)17(10-34-21)14-6-7-19-16(8-14)23(38)18(24(39)32-4)11-37(19)22(13(2)3)26(40)41/h6-13,22H,5H2,1-4H3,(H,32,39)(H,40,41)(H2,33,34,36,42)/t22-/m0/s1. The molecule has 0 saturated heterocycles. The van der Waals surface area contributed by atoms with Crippen molar-refractivity contribution in [3.8, 4) is 21.7 Å². The maximum Gasteiger partial charge on any atom is 0.434 e. The molecule has 0 saturated carbocycles. The van der Waals surface area contributed by atoms with Crippen LogP contribution in [0.15, 0.2) is 46.8 Å². The number of hydrogen-bond donors (Lipinski definition) is 4. The van der Waals surface area contributed by atoms with Gasteiger partial charge >= 0.3 is 18.2 Å². The first kappa shape index (κ1) is 31.2. The quantitative estimate of drug-likeness (QED) is 0.217. The number of carboxylic acids is 1. The molecule has 0 aliphatic carbocycles. The summed E-state index contributed by atoms with van der Waals surface area (Å²) in [5.74, 6) is -2.27. The predicted octanol–water partition coefficient (Wildman–Crippen LogP) is 4.99. The lowest BCUT2D eigenvalue weighted by molar-refractivity contribution is -0.142. The fraction of sp³-hybridized carbons (Fsp3) is 0.286. The summed E-state index contributed by atoms with van der Waals surface area (Å²) in [6.07, 6.45) is -2.15. The van der Waals surface area contributed by atoms with Crippen molar-refractivity contribution in [3.63, 3.8) is 0 Å². The first-order chi connectivity index (χ1) is 20.3. The van der Waals surface area contributed by atoms with Crippen molar-refractivity contribution in [2.45, 2.75) is 33.0 Å². The molecular weight excluding hydrogens is 589 g/mol. The number of benzene rings is 1. The van der Waals surface area contributed by atoms with Gasteiger partial charge in [0.2, 0.25) is 5.43 Å². The molecule has 0 aliphatic rings. The second kappa shape index (κ2) is 12.2. The molecule has 4 aromatic rings. The van der Waals surface area contributed by atoms with Crippen LogP contribution in [0.2, 0.25) is 0 Å². The molecule has 4 N–H and O–H groups in total. The summed E-state index contributed by atoms with van der Waals surface area (Å²) in [7, 11) is 1.33. The number of fused-ring (bicyclic) bond motifs is 1. The van der Waals surface area contributed by atoms with Gasteiger partial charge in [-0.2, -0.15) is 13.2 Å². The molecule has 3 amide bonds. The molecule has 0 radical (unpaired) electrons. The zero-order valence-corrected chi connectivity index (χ0v) is 24.2. The number of hydrogen-bond acceptors (Lipinski definition) is 7. The number of pyridine rings is 2. The number of carbonyl (C=O) groups is 3. The van der Waals surface area contributed by atoms with Crippen LogP contribution in [0.25, 0.3) is 32.6 Å². The number of carboxylic acid groups (broad SMARTS) is 1. The number of nitrogens with one attached hydrogen (secondary N) is 3. The number of urea groups is 1. The van der Waals surface area contributed by atoms with Gasteiger partial charge in [-0.05, 0) is 36.6 Å². The van der Waals surface area contributed by atoms with Crippen molar-refractivity contribution in [3.05, 3.63) is 63.5 Å². The van der Waals surface area contributed by atoms with E-state index < -0.39 is 47.2 Å². The summed E-state index contributed by atoms with van der Waals surface area (Å²) >= 11 is 0.734. The lowest BCUT2D eigenvalue weighted by atomic mass is 9.97. The minimum atomic E-state index is -4.69. The smallest absolute Gasteiger partial charge is 0.434 e. The van der Waals surface area contributed by atoms with Crippen molar-refractivity contribution in [2.24, 2.45) is 5.92 Å². The molecule has 1 atom stereocenters. The maximum absolute atomic E-state index is 13.5. The van der Waals surface area contributed by atoms with Gasteiger partial charge in [0, 0.05) is 47.9 Å². The van der Waals surface area contributed by atoms with Gasteiger partial charge in [-0.1, -0.05) is 19.9 Å². The van der Waals surface area contributed by atoms with E-state index in [1.807, 2.05) is 0 Å². The van der Waals surface area contributed by atoms with E-state index >= 15 is 0 Å². The Hall–Kier alpha value is -4.79. The van der Waals surface area contributed by atoms with Crippen LogP contribution in [-0.2, 0) is 11.0 Å². The lowest BCUT2D eigenvalue weighted by Crippen LogP contribution is -2.31. The molecule has 4 rings (SSSR count). The van der Waals surface area contributed by atoms with Gasteiger partial charge in [-0.3, -0.25) is 14.9 Å². The van der Waals surface area contributed by atoms with E-state index in [2.05, 4.69) is 25.9 Å². The topological polar surface area (TPSA) is 155 Å². The number of thiazole rings is 1. The first-order valence-corrected chi connectivity index (χ1v) is 13.9. The Morgan fingerprint density at radius 3 is 2.44 bits per heavy atom. The van der Waals surface area contributed by atoms with Gasteiger partial charge in [-0.15, -0.1) is 11.3 Å². The lowest BCUT2D eigenvalue weighted by Gasteiger charge is -2.23. The predicted molar refractivity (Wildman–Crippen MR) is 155 cm³/mol. The highest BCUT2D eigenvalue weighted by molar-refractivity contribution is 7.13. The van der Waals surface area contributed by atoms with E-state index in [0.29, 0.717) is 12.1 Å². The van der Waals surface area contributed by atoms with E-state index in [1.165, 1.54) is 42.2 Å². The third kappa shape index (κ3) is 6.35. The highest BCUT2D eigenvalue weighted by Crippen LogP contribution is 2.39. The molecule has 15 heteroatoms. The zero-order chi connectivity index (χ0) is 31.6. The molecule has 0 spiro atoms. The summed E-state index contributed by atoms with van der Waals surface area (Å²) < 4.78 is 41.6. The summed E-state index contributed by atoms with van der Waals surface area (Å²) in [5, 5.41) is 18.2. The van der Waals surface area contributed by atoms with Crippen molar-refractivity contribution in [2.75, 3.05) is 18.9 Å². The Bertz CT molecular complexity index is 1780. The molecule has 3 aromatic heterocycles. The van der Waals surface area contributed by atoms with Crippen LogP contribution < -0.4 is 21.4 Å². The zero-order valence-electron chi connectivity index (χ0n) is 23.4. The van der Waals surface area contributed by atoms with Gasteiger partial charge < -0.3 is 20.3 Å². The Labute approximate surface area is 246 Å². The number of aliphatic carboxylic acids is 1. The second-order valence-electron chi connectivity index (χ2n) is 9.75. The minimum Gasteiger partial charge on any atom is -0.480 e. The third-order valence-electron chi connectivity index (χ3n) is 6.51. The van der Waals surface area contributed by atoms with Gasteiger partial charge in [0.05, 0.1) is 5.52 Å². The summed E-state index contributed by atoms with van der Waals surface area (Å²) in [6, 6.07) is 4.17. The summed E-state index contributed by atoms with van der Waals surface area (Å²) in [4.78, 5) is 58.4. The molecule has 226 valence electrons. The number of nitrogens with zero attached hydrogens (tertiary/aromatic N) is 3. The highest BCUT2D eigenvalue weighted by atomic mass is 32.1. The largest absolute Gasteiger partial charge is 0.480 e. The van der Waals surface area contributed by atoms with Crippen LogP contribution in [0.1, 0.15) is 42.9 Å². The van der Waals surface area contributed by atoms with Crippen molar-refractivity contribution in [1.82, 2.24) is 25.2 Å². The normalized spacial score (nSPS) is 12.3. The molecule has 3 heterocycles. The average Bonchev–Trinajstić information content (AvgIpc) is 3.45. The van der Waals surface area contributed by atoms with Crippen LogP contribution in [0.3, 0.4) is 0 Å². The van der Waals surface area contributed by atoms with E-state index in [0.717, 1.165) is 16.7 Å². The van der Waals surface area contributed by atoms with Crippen molar-refractivity contribution in [1.29, 1.82) is 0 Å². The first-order valence-electron chi connectivity index (χ1n) is 13.0. The molecule has 0 unspecified atom stereocenters. The molecule has 11 nitrogen and oxygen atoms in total. The van der Waals surface area contributed by atoms with E-state index in [-0.39, 0.29) is 38.4 Å². The second-order valence-corrected chi connectivity index (χ2v) is 10.6. The molecule has 0 fully saturated rings. The third-order valence-corrected chi connectivity index (χ3v) is 7.38. The highest BCUT2D eigenvalue weighted by Gasteiger charge is 2.34. The fourth-order valence-corrected chi connectivity index (χ4v) is 5.41. The number of carbonyl (C=O) groups excluding carboxylic acids is 2. The van der Waals surface area contributed by atoms with Crippen LogP contribution in [0, 0.1) is 5.92 Å². The molecule has 1 aromatic carbocycles. The summed E-state index contributed by atoms with van der Waals surface area (Å²) in [5.41, 5.74) is -1.01. The van der Waals surface area contributed by atoms with Crippen LogP contribution in [0.4, 0.5) is 23.8 Å². The van der Waals surface area contributed by atoms with Crippen LogP contribution in [-0.4, -0.2) is 51.1 Å². The fourth-order valence-electron chi connectivity index (χ4n) is 4.55. The van der Waals surface area contributed by atoms with E-state index in [4.69, 9.17) is 0 Å². The SMILES string of the molecule is CCNC(=O)Nc1cc(-c2nc(C(F)(F)F)cs2)c(-c2ccc3c(c2)c(=O)c(C(=O)NC)cn3[C@H](C(=O)O)C(C)C)cn1.